The van der Waals surface area contributed by atoms with Gasteiger partial charge in [-0.15, -0.1) is 0 Å². The molecule has 1 fully saturated rings. The Balaban J connectivity index is 1.81. The van der Waals surface area contributed by atoms with E-state index in [1.54, 1.807) is 22.3 Å². The number of amides is 1. The number of piperidine rings is 1. The standard InChI is InChI=1S/C15H19NO3S/c1-2-19-15(18)13-5-8-16(9-6-13)14(17)4-3-12-7-10-20-11-12/h3-4,7,10-11,13H,2,5-6,8-9H2,1H3/b4-3+. The van der Waals surface area contributed by atoms with E-state index in [4.69, 9.17) is 4.74 Å². The fraction of sp³-hybridized carbons (Fsp3) is 0.467. The molecule has 0 N–H and O–H groups in total. The maximum absolute atomic E-state index is 12.0. The van der Waals surface area contributed by atoms with Gasteiger partial charge < -0.3 is 9.64 Å². The Morgan fingerprint density at radius 1 is 1.45 bits per heavy atom. The third-order valence-corrected chi connectivity index (χ3v) is 4.09. The number of ether oxygens (including phenoxy) is 1. The van der Waals surface area contributed by atoms with Crippen molar-refractivity contribution in [3.63, 3.8) is 0 Å². The van der Waals surface area contributed by atoms with Crippen molar-refractivity contribution in [3.05, 3.63) is 28.5 Å². The number of thiophene rings is 1. The minimum absolute atomic E-state index is 0.0125. The quantitative estimate of drug-likeness (QED) is 0.633. The predicted octanol–water partition coefficient (Wildman–Crippen LogP) is 2.56. The van der Waals surface area contributed by atoms with Gasteiger partial charge >= 0.3 is 5.97 Å². The molecule has 1 aliphatic rings. The minimum atomic E-state index is -0.131. The summed E-state index contributed by atoms with van der Waals surface area (Å²) in [7, 11) is 0. The molecule has 0 aromatic carbocycles. The van der Waals surface area contributed by atoms with Crippen molar-refractivity contribution in [2.75, 3.05) is 19.7 Å². The highest BCUT2D eigenvalue weighted by Gasteiger charge is 2.27. The maximum Gasteiger partial charge on any atom is 0.309 e. The number of carbonyl (C=O) groups is 2. The van der Waals surface area contributed by atoms with Crippen molar-refractivity contribution < 1.29 is 14.3 Å². The van der Waals surface area contributed by atoms with Crippen LogP contribution in [0, 0.1) is 5.92 Å². The van der Waals surface area contributed by atoms with E-state index in [1.165, 1.54) is 0 Å². The monoisotopic (exact) mass is 293 g/mol. The van der Waals surface area contributed by atoms with Crippen LogP contribution in [0.15, 0.2) is 22.9 Å². The van der Waals surface area contributed by atoms with E-state index < -0.39 is 0 Å². The van der Waals surface area contributed by atoms with E-state index in [1.807, 2.05) is 29.8 Å². The number of hydrogen-bond acceptors (Lipinski definition) is 4. The summed E-state index contributed by atoms with van der Waals surface area (Å²) < 4.78 is 5.02. The second-order valence-electron chi connectivity index (χ2n) is 4.74. The van der Waals surface area contributed by atoms with Crippen LogP contribution in [-0.2, 0) is 14.3 Å². The first-order chi connectivity index (χ1) is 9.70. The van der Waals surface area contributed by atoms with Gasteiger partial charge in [-0.2, -0.15) is 11.3 Å². The third-order valence-electron chi connectivity index (χ3n) is 3.39. The van der Waals surface area contributed by atoms with Crippen LogP contribution in [0.1, 0.15) is 25.3 Å². The van der Waals surface area contributed by atoms with Gasteiger partial charge in [0.05, 0.1) is 12.5 Å². The lowest BCUT2D eigenvalue weighted by molar-refractivity contribution is -0.150. The molecule has 0 atom stereocenters. The highest BCUT2D eigenvalue weighted by Crippen LogP contribution is 2.19. The molecule has 4 nitrogen and oxygen atoms in total. The molecule has 0 unspecified atom stereocenters. The highest BCUT2D eigenvalue weighted by atomic mass is 32.1. The molecular weight excluding hydrogens is 274 g/mol. The molecule has 0 radical (unpaired) electrons. The second-order valence-corrected chi connectivity index (χ2v) is 5.52. The molecule has 0 aliphatic carbocycles. The fourth-order valence-electron chi connectivity index (χ4n) is 2.24. The van der Waals surface area contributed by atoms with E-state index >= 15 is 0 Å². The van der Waals surface area contributed by atoms with Crippen LogP contribution in [0.2, 0.25) is 0 Å². The molecule has 1 aromatic rings. The SMILES string of the molecule is CCOC(=O)C1CCN(C(=O)/C=C/c2ccsc2)CC1. The Bertz CT molecular complexity index is 473. The van der Waals surface area contributed by atoms with Gasteiger partial charge in [-0.1, -0.05) is 0 Å². The van der Waals surface area contributed by atoms with Crippen molar-refractivity contribution in [1.82, 2.24) is 4.90 Å². The van der Waals surface area contributed by atoms with Crippen LogP contribution in [-0.4, -0.2) is 36.5 Å². The normalized spacial score (nSPS) is 16.6. The maximum atomic E-state index is 12.0. The molecule has 0 bridgehead atoms. The molecular formula is C15H19NO3S. The summed E-state index contributed by atoms with van der Waals surface area (Å²) in [6.07, 6.45) is 4.82. The van der Waals surface area contributed by atoms with Gasteiger partial charge in [-0.05, 0) is 48.2 Å². The Hall–Kier alpha value is -1.62. The van der Waals surface area contributed by atoms with Gasteiger partial charge in [0, 0.05) is 19.2 Å². The van der Waals surface area contributed by atoms with Gasteiger partial charge in [-0.25, -0.2) is 0 Å². The summed E-state index contributed by atoms with van der Waals surface area (Å²) in [5.74, 6) is -0.174. The molecule has 0 spiro atoms. The number of rotatable bonds is 4. The Morgan fingerprint density at radius 2 is 2.20 bits per heavy atom. The van der Waals surface area contributed by atoms with Gasteiger partial charge in [0.15, 0.2) is 0 Å². The van der Waals surface area contributed by atoms with Gasteiger partial charge in [0.25, 0.3) is 0 Å². The average Bonchev–Trinajstić information content (AvgIpc) is 2.98. The largest absolute Gasteiger partial charge is 0.466 e. The first-order valence-corrected chi connectivity index (χ1v) is 7.80. The number of carbonyl (C=O) groups excluding carboxylic acids is 2. The van der Waals surface area contributed by atoms with Crippen molar-refractivity contribution >= 4 is 29.3 Å². The molecule has 20 heavy (non-hydrogen) atoms. The molecule has 5 heteroatoms. The van der Waals surface area contributed by atoms with Gasteiger partial charge in [-0.3, -0.25) is 9.59 Å². The van der Waals surface area contributed by atoms with Crippen molar-refractivity contribution in [1.29, 1.82) is 0 Å². The second kappa shape index (κ2) is 7.24. The van der Waals surface area contributed by atoms with Crippen molar-refractivity contribution in [3.8, 4) is 0 Å². The lowest BCUT2D eigenvalue weighted by Crippen LogP contribution is -2.39. The average molecular weight is 293 g/mol. The van der Waals surface area contributed by atoms with E-state index in [0.717, 1.165) is 5.56 Å². The zero-order valence-corrected chi connectivity index (χ0v) is 12.4. The lowest BCUT2D eigenvalue weighted by atomic mass is 9.97. The number of esters is 1. The summed E-state index contributed by atoms with van der Waals surface area (Å²) in [5.41, 5.74) is 1.05. The van der Waals surface area contributed by atoms with E-state index in [9.17, 15) is 9.59 Å². The summed E-state index contributed by atoms with van der Waals surface area (Å²) in [6, 6.07) is 1.97. The number of likely N-dealkylation sites (tertiary alicyclic amines) is 1. The molecule has 0 saturated carbocycles. The van der Waals surface area contributed by atoms with Crippen LogP contribution in [0.5, 0.6) is 0 Å². The molecule has 1 amide bonds. The number of hydrogen-bond donors (Lipinski definition) is 0. The molecule has 1 aromatic heterocycles. The van der Waals surface area contributed by atoms with Crippen molar-refractivity contribution in [2.45, 2.75) is 19.8 Å². The van der Waals surface area contributed by atoms with Crippen LogP contribution < -0.4 is 0 Å². The Morgan fingerprint density at radius 3 is 2.80 bits per heavy atom. The summed E-state index contributed by atoms with van der Waals surface area (Å²) in [4.78, 5) is 25.4. The molecule has 2 rings (SSSR count). The van der Waals surface area contributed by atoms with E-state index in [-0.39, 0.29) is 17.8 Å². The van der Waals surface area contributed by atoms with Crippen LogP contribution in [0.3, 0.4) is 0 Å². The first-order valence-electron chi connectivity index (χ1n) is 6.86. The third kappa shape index (κ3) is 3.93. The van der Waals surface area contributed by atoms with E-state index in [0.29, 0.717) is 32.5 Å². The fourth-order valence-corrected chi connectivity index (χ4v) is 2.87. The predicted molar refractivity (Wildman–Crippen MR) is 79.3 cm³/mol. The molecule has 1 saturated heterocycles. The minimum Gasteiger partial charge on any atom is -0.466 e. The smallest absolute Gasteiger partial charge is 0.309 e. The van der Waals surface area contributed by atoms with E-state index in [2.05, 4.69) is 0 Å². The Labute approximate surface area is 123 Å². The van der Waals surface area contributed by atoms with Crippen LogP contribution in [0.4, 0.5) is 0 Å². The first kappa shape index (κ1) is 14.8. The van der Waals surface area contributed by atoms with Crippen molar-refractivity contribution in [2.24, 2.45) is 5.92 Å². The van der Waals surface area contributed by atoms with Gasteiger partial charge in [0.1, 0.15) is 0 Å². The topological polar surface area (TPSA) is 46.6 Å². The van der Waals surface area contributed by atoms with Crippen LogP contribution >= 0.6 is 11.3 Å². The summed E-state index contributed by atoms with van der Waals surface area (Å²) in [6.45, 7) is 3.47. The molecule has 1 aliphatic heterocycles. The van der Waals surface area contributed by atoms with Crippen LogP contribution in [0.25, 0.3) is 6.08 Å². The number of nitrogens with zero attached hydrogens (tertiary/aromatic N) is 1. The summed E-state index contributed by atoms with van der Waals surface area (Å²) >= 11 is 1.61. The molecule has 2 heterocycles. The zero-order chi connectivity index (χ0) is 14.4. The Kier molecular flexibility index (Phi) is 5.35. The highest BCUT2D eigenvalue weighted by molar-refractivity contribution is 7.08. The lowest BCUT2D eigenvalue weighted by Gasteiger charge is -2.30. The molecule has 108 valence electrons. The zero-order valence-electron chi connectivity index (χ0n) is 11.6. The van der Waals surface area contributed by atoms with Gasteiger partial charge in [0.2, 0.25) is 5.91 Å². The summed E-state index contributed by atoms with van der Waals surface area (Å²) in [5, 5.41) is 3.98.